The van der Waals surface area contributed by atoms with Crippen LogP contribution in [0.15, 0.2) is 29.1 Å². The van der Waals surface area contributed by atoms with Crippen LogP contribution < -0.4 is 118 Å². The molecule has 0 bridgehead atoms. The van der Waals surface area contributed by atoms with Crippen molar-refractivity contribution in [1.29, 1.82) is 0 Å². The molecule has 0 amide bonds. The number of nitrogens with zero attached hydrogens (tertiary/aromatic N) is 2. The van der Waals surface area contributed by atoms with E-state index in [9.17, 15) is 4.79 Å². The van der Waals surface area contributed by atoms with E-state index in [0.29, 0.717) is 11.0 Å². The predicted octanol–water partition coefficient (Wildman–Crippen LogP) is -5.88. The summed E-state index contributed by atoms with van der Waals surface area (Å²) in [5.74, 6) is 0. The molecule has 50 valence electrons. The van der Waals surface area contributed by atoms with Crippen molar-refractivity contribution in [2.45, 2.75) is 0 Å². The average Bonchev–Trinajstić information content (AvgIpc) is 2.27. The fourth-order valence-electron chi connectivity index (χ4n) is 0.884. The second-order valence-electron chi connectivity index (χ2n) is 1.99. The summed E-state index contributed by atoms with van der Waals surface area (Å²) in [5.41, 5.74) is 0.946. The van der Waals surface area contributed by atoms with Crippen molar-refractivity contribution in [3.63, 3.8) is 0 Å². The quantitative estimate of drug-likeness (QED) is 0.407. The first-order chi connectivity index (χ1) is 4.86. The molecular weight excluding hydrogens is 206 g/mol. The van der Waals surface area contributed by atoms with E-state index in [1.165, 1.54) is 0 Å². The topological polar surface area (TPSA) is 45.3 Å². The summed E-state index contributed by atoms with van der Waals surface area (Å²) in [4.78, 5) is 17.9. The van der Waals surface area contributed by atoms with Crippen LogP contribution in [0.5, 0.6) is 0 Å². The van der Waals surface area contributed by atoms with Crippen LogP contribution in [-0.4, -0.2) is 0 Å². The van der Waals surface area contributed by atoms with Gasteiger partial charge < -0.3 is 14.8 Å². The second-order valence-corrected chi connectivity index (χ2v) is 1.99. The van der Waals surface area contributed by atoms with E-state index in [1.54, 1.807) is 12.1 Å². The van der Waals surface area contributed by atoms with Crippen molar-refractivity contribution in [1.82, 2.24) is 9.97 Å². The van der Waals surface area contributed by atoms with Gasteiger partial charge in [0.2, 0.25) is 0 Å². The smallest absolute Gasteiger partial charge is 0.644 e. The molecule has 5 heteroatoms. The van der Waals surface area contributed by atoms with Crippen molar-refractivity contribution in [2.75, 3.05) is 0 Å². The molecule has 0 unspecified atom stereocenters. The van der Waals surface area contributed by atoms with Gasteiger partial charge in [0.15, 0.2) is 0 Å². The summed E-state index contributed by atoms with van der Waals surface area (Å²) in [6, 6.07) is 7.19. The molecule has 3 nitrogen and oxygen atoms in total. The maximum Gasteiger partial charge on any atom is 1.00 e. The van der Waals surface area contributed by atoms with Gasteiger partial charge in [-0.3, -0.25) is 0 Å². The van der Waals surface area contributed by atoms with Gasteiger partial charge in [0.05, 0.1) is 0 Å². The molecule has 2 rings (SSSR count). The Balaban J connectivity index is 0.000000605. The van der Waals surface area contributed by atoms with Crippen LogP contribution >= 0.6 is 0 Å². The van der Waals surface area contributed by atoms with E-state index < -0.39 is 5.69 Å². The van der Waals surface area contributed by atoms with Gasteiger partial charge in [-0.15, -0.1) is 0 Å². The Morgan fingerprint density at radius 3 is 1.75 bits per heavy atom. The normalized spacial score (nSPS) is 8.67. The molecular formula is C7H4K2N2O. The molecule has 1 heterocycles. The molecule has 1 aromatic carbocycles. The Kier molecular flexibility index (Phi) is 7.21. The van der Waals surface area contributed by atoms with E-state index >= 15 is 0 Å². The number of hydrogen-bond donors (Lipinski definition) is 0. The molecule has 0 saturated heterocycles. The van der Waals surface area contributed by atoms with Crippen molar-refractivity contribution < 1.29 is 103 Å². The first-order valence-corrected chi connectivity index (χ1v) is 2.93. The zero-order chi connectivity index (χ0) is 6.97. The molecule has 0 aliphatic rings. The fraction of sp³-hybridized carbons (Fsp3) is 0. The maximum atomic E-state index is 10.6. The minimum absolute atomic E-state index is 0. The molecule has 0 fully saturated rings. The first kappa shape index (κ1) is 13.8. The Morgan fingerprint density at radius 1 is 0.917 bits per heavy atom. The Labute approximate surface area is 155 Å². The summed E-state index contributed by atoms with van der Waals surface area (Å²) in [5, 5.41) is 0. The number of hydrogen-bond acceptors (Lipinski definition) is 1. The summed E-state index contributed by atoms with van der Waals surface area (Å²) in [6.07, 6.45) is 0. The number of imidazole rings is 1. The molecule has 0 saturated carbocycles. The maximum absolute atomic E-state index is 10.6. The van der Waals surface area contributed by atoms with Gasteiger partial charge in [0.1, 0.15) is 0 Å². The van der Waals surface area contributed by atoms with Gasteiger partial charge in [-0.25, -0.2) is 0 Å². The molecule has 0 aliphatic carbocycles. The van der Waals surface area contributed by atoms with Crippen molar-refractivity contribution in [3.8, 4) is 0 Å². The SMILES string of the molecule is O=c1[n-]c2ccccc2[n-]1.[K+].[K+]. The largest absolute Gasteiger partial charge is 1.00 e. The number of aromatic nitrogens is 2. The first-order valence-electron chi connectivity index (χ1n) is 2.93. The van der Waals surface area contributed by atoms with E-state index in [1.807, 2.05) is 12.1 Å². The number of fused-ring (bicyclic) bond motifs is 1. The van der Waals surface area contributed by atoms with Crippen LogP contribution in [0.3, 0.4) is 0 Å². The van der Waals surface area contributed by atoms with Crippen LogP contribution in [-0.2, 0) is 0 Å². The zero-order valence-electron chi connectivity index (χ0n) is 7.11. The Bertz CT molecular complexity index is 371. The Morgan fingerprint density at radius 2 is 1.33 bits per heavy atom. The van der Waals surface area contributed by atoms with Crippen LogP contribution in [0, 0.1) is 0 Å². The summed E-state index contributed by atoms with van der Waals surface area (Å²) < 4.78 is 0. The van der Waals surface area contributed by atoms with E-state index in [0.717, 1.165) is 0 Å². The van der Waals surface area contributed by atoms with Crippen molar-refractivity contribution >= 4 is 11.0 Å². The average molecular weight is 210 g/mol. The molecule has 1 aromatic heterocycles. The van der Waals surface area contributed by atoms with Gasteiger partial charge in [-0.1, -0.05) is 24.3 Å². The van der Waals surface area contributed by atoms with Crippen LogP contribution in [0.25, 0.3) is 11.0 Å². The fourth-order valence-corrected chi connectivity index (χ4v) is 0.884. The third kappa shape index (κ3) is 3.16. The number of para-hydroxylation sites is 2. The monoisotopic (exact) mass is 210 g/mol. The van der Waals surface area contributed by atoms with E-state index in [4.69, 9.17) is 0 Å². The van der Waals surface area contributed by atoms with Gasteiger partial charge in [-0.05, 0) is 5.69 Å². The van der Waals surface area contributed by atoms with Crippen molar-refractivity contribution in [2.24, 2.45) is 0 Å². The van der Waals surface area contributed by atoms with E-state index in [-0.39, 0.29) is 103 Å². The zero-order valence-corrected chi connectivity index (χ0v) is 13.4. The van der Waals surface area contributed by atoms with Crippen LogP contribution in [0.4, 0.5) is 0 Å². The minimum atomic E-state index is -0.402. The summed E-state index contributed by atoms with van der Waals surface area (Å²) >= 11 is 0. The minimum Gasteiger partial charge on any atom is -0.644 e. The third-order valence-electron chi connectivity index (χ3n) is 1.31. The number of benzene rings is 1. The van der Waals surface area contributed by atoms with Crippen LogP contribution in [0.1, 0.15) is 0 Å². The second kappa shape index (κ2) is 6.28. The molecule has 0 N–H and O–H groups in total. The van der Waals surface area contributed by atoms with Crippen molar-refractivity contribution in [3.05, 3.63) is 34.7 Å². The summed E-state index contributed by atoms with van der Waals surface area (Å²) in [7, 11) is 0. The summed E-state index contributed by atoms with van der Waals surface area (Å²) in [6.45, 7) is 0. The molecule has 0 radical (unpaired) electrons. The number of rotatable bonds is 0. The molecule has 12 heavy (non-hydrogen) atoms. The molecule has 0 atom stereocenters. The van der Waals surface area contributed by atoms with Gasteiger partial charge in [0.25, 0.3) is 0 Å². The van der Waals surface area contributed by atoms with Gasteiger partial charge in [-0.2, -0.15) is 11.0 Å². The standard InChI is InChI=1S/C7H5N2O.2K/c10-7-8-5-3-1-2-4-6(5)9-7;;/h1-4H,(H-,8,9,10);;/q-1;2*+1/p-1. The van der Waals surface area contributed by atoms with Gasteiger partial charge >= 0.3 is 103 Å². The third-order valence-corrected chi connectivity index (χ3v) is 1.31. The van der Waals surface area contributed by atoms with E-state index in [2.05, 4.69) is 9.97 Å². The Hall–Kier alpha value is 1.76. The molecule has 2 aromatic rings. The molecule has 0 spiro atoms. The molecule has 0 aliphatic heterocycles. The van der Waals surface area contributed by atoms with Crippen LogP contribution in [0.2, 0.25) is 0 Å². The predicted molar refractivity (Wildman–Crippen MR) is 36.9 cm³/mol. The van der Waals surface area contributed by atoms with Gasteiger partial charge in [0, 0.05) is 0 Å².